The zero-order chi connectivity index (χ0) is 16.1. The summed E-state index contributed by atoms with van der Waals surface area (Å²) in [7, 11) is 1.60. The Morgan fingerprint density at radius 1 is 1.17 bits per heavy atom. The normalized spacial score (nSPS) is 25.1. The van der Waals surface area contributed by atoms with Gasteiger partial charge in [-0.3, -0.25) is 9.69 Å². The van der Waals surface area contributed by atoms with E-state index in [1.807, 2.05) is 24.3 Å². The van der Waals surface area contributed by atoms with Crippen molar-refractivity contribution in [1.29, 1.82) is 0 Å². The highest BCUT2D eigenvalue weighted by atomic mass is 35.5. The average Bonchev–Trinajstić information content (AvgIpc) is 2.57. The lowest BCUT2D eigenvalue weighted by Gasteiger charge is -2.51. The minimum absolute atomic E-state index is 0.0913. The first kappa shape index (κ1) is 14.7. The number of amides is 1. The molecule has 0 aliphatic carbocycles. The van der Waals surface area contributed by atoms with Crippen LogP contribution in [-0.4, -0.2) is 25.2 Å². The largest absolute Gasteiger partial charge is 0.497 e. The van der Waals surface area contributed by atoms with Gasteiger partial charge in [-0.25, -0.2) is 0 Å². The number of rotatable bonds is 2. The van der Waals surface area contributed by atoms with Crippen LogP contribution in [0.15, 0.2) is 42.5 Å². The minimum Gasteiger partial charge on any atom is -0.497 e. The molecule has 1 saturated heterocycles. The summed E-state index contributed by atoms with van der Waals surface area (Å²) in [5, 5.41) is 0.223. The van der Waals surface area contributed by atoms with Crippen molar-refractivity contribution < 1.29 is 14.3 Å². The van der Waals surface area contributed by atoms with Gasteiger partial charge in [0.15, 0.2) is 6.10 Å². The number of nitrogens with zero attached hydrogens (tertiary/aromatic N) is 1. The fraction of sp³-hybridized carbons (Fsp3) is 0.235. The fourth-order valence-electron chi connectivity index (χ4n) is 3.09. The number of hydrogen-bond donors (Lipinski definition) is 0. The van der Waals surface area contributed by atoms with Crippen LogP contribution in [0.5, 0.6) is 11.5 Å². The summed E-state index contributed by atoms with van der Waals surface area (Å²) >= 11 is 12.7. The Labute approximate surface area is 143 Å². The van der Waals surface area contributed by atoms with Crippen molar-refractivity contribution in [3.63, 3.8) is 0 Å². The predicted octanol–water partition coefficient (Wildman–Crippen LogP) is 3.80. The molecule has 23 heavy (non-hydrogen) atoms. The highest BCUT2D eigenvalue weighted by Gasteiger charge is 2.56. The lowest BCUT2D eigenvalue weighted by molar-refractivity contribution is -0.135. The van der Waals surface area contributed by atoms with Crippen LogP contribution in [0.2, 0.25) is 5.02 Å². The van der Waals surface area contributed by atoms with Crippen LogP contribution in [0.1, 0.15) is 10.9 Å². The monoisotopic (exact) mass is 349 g/mol. The predicted molar refractivity (Wildman–Crippen MR) is 88.7 cm³/mol. The molecule has 2 heterocycles. The SMILES string of the molecule is COc1ccc(N2C(=O)[C@H]3Oc4ccc(Cl)cc4[C@H](Cl)[C@H]32)cc1. The third-order valence-electron chi connectivity index (χ3n) is 4.26. The second-order valence-corrected chi connectivity index (χ2v) is 6.43. The molecule has 3 atom stereocenters. The summed E-state index contributed by atoms with van der Waals surface area (Å²) in [4.78, 5) is 14.1. The van der Waals surface area contributed by atoms with Crippen LogP contribution in [0.3, 0.4) is 0 Å². The van der Waals surface area contributed by atoms with E-state index in [9.17, 15) is 4.79 Å². The van der Waals surface area contributed by atoms with Gasteiger partial charge in [0.05, 0.1) is 12.5 Å². The van der Waals surface area contributed by atoms with E-state index in [4.69, 9.17) is 32.7 Å². The molecule has 2 aromatic rings. The Balaban J connectivity index is 1.69. The summed E-state index contributed by atoms with van der Waals surface area (Å²) in [6, 6.07) is 12.3. The molecule has 0 N–H and O–H groups in total. The number of ether oxygens (including phenoxy) is 2. The number of methoxy groups -OCH3 is 1. The molecule has 0 radical (unpaired) electrons. The summed E-state index contributed by atoms with van der Waals surface area (Å²) in [5.74, 6) is 1.27. The molecule has 1 fully saturated rings. The van der Waals surface area contributed by atoms with E-state index in [0.29, 0.717) is 10.8 Å². The number of alkyl halides is 1. The Morgan fingerprint density at radius 2 is 1.91 bits per heavy atom. The van der Waals surface area contributed by atoms with Crippen LogP contribution in [0, 0.1) is 0 Å². The number of halogens is 2. The van der Waals surface area contributed by atoms with Gasteiger partial charge >= 0.3 is 0 Å². The van der Waals surface area contributed by atoms with Crippen LogP contribution < -0.4 is 14.4 Å². The molecular weight excluding hydrogens is 337 g/mol. The Morgan fingerprint density at radius 3 is 2.61 bits per heavy atom. The molecule has 0 unspecified atom stereocenters. The Hall–Kier alpha value is -1.91. The minimum atomic E-state index is -0.548. The van der Waals surface area contributed by atoms with Crippen molar-refractivity contribution in [2.24, 2.45) is 0 Å². The smallest absolute Gasteiger partial charge is 0.270 e. The molecule has 0 spiro atoms. The first-order chi connectivity index (χ1) is 11.1. The van der Waals surface area contributed by atoms with E-state index >= 15 is 0 Å². The van der Waals surface area contributed by atoms with E-state index in [2.05, 4.69) is 0 Å². The molecule has 4 rings (SSSR count). The zero-order valence-electron chi connectivity index (χ0n) is 12.2. The number of hydrogen-bond acceptors (Lipinski definition) is 3. The average molecular weight is 350 g/mol. The molecule has 6 heteroatoms. The number of β-lactam (4-membered cyclic amide) rings is 1. The van der Waals surface area contributed by atoms with Crippen LogP contribution in [-0.2, 0) is 4.79 Å². The molecule has 2 aliphatic rings. The lowest BCUT2D eigenvalue weighted by Crippen LogP contribution is -2.70. The maximum atomic E-state index is 12.5. The van der Waals surface area contributed by atoms with E-state index in [1.165, 1.54) is 0 Å². The number of carbonyl (C=O) groups excluding carboxylic acids is 1. The third-order valence-corrected chi connectivity index (χ3v) is 4.99. The van der Waals surface area contributed by atoms with Crippen molar-refractivity contribution in [2.75, 3.05) is 12.0 Å². The van der Waals surface area contributed by atoms with Gasteiger partial charge in [0, 0.05) is 16.3 Å². The molecule has 2 aliphatic heterocycles. The van der Waals surface area contributed by atoms with Gasteiger partial charge < -0.3 is 9.47 Å². The highest BCUT2D eigenvalue weighted by molar-refractivity contribution is 6.31. The number of benzene rings is 2. The molecular formula is C17H13Cl2NO3. The van der Waals surface area contributed by atoms with E-state index in [1.54, 1.807) is 30.2 Å². The van der Waals surface area contributed by atoms with Crippen LogP contribution >= 0.6 is 23.2 Å². The Bertz CT molecular complexity index is 778. The molecule has 0 aromatic heterocycles. The van der Waals surface area contributed by atoms with E-state index in [-0.39, 0.29) is 17.3 Å². The van der Waals surface area contributed by atoms with Gasteiger partial charge in [-0.15, -0.1) is 11.6 Å². The van der Waals surface area contributed by atoms with Crippen LogP contribution in [0.4, 0.5) is 5.69 Å². The van der Waals surface area contributed by atoms with Crippen molar-refractivity contribution in [2.45, 2.75) is 17.5 Å². The van der Waals surface area contributed by atoms with Gasteiger partial charge in [0.1, 0.15) is 17.5 Å². The maximum Gasteiger partial charge on any atom is 0.270 e. The maximum absolute atomic E-state index is 12.5. The van der Waals surface area contributed by atoms with Crippen molar-refractivity contribution >= 4 is 34.8 Å². The van der Waals surface area contributed by atoms with Gasteiger partial charge in [0.25, 0.3) is 5.91 Å². The molecule has 2 aromatic carbocycles. The molecule has 1 amide bonds. The number of fused-ring (bicyclic) bond motifs is 2. The third kappa shape index (κ3) is 2.17. The molecule has 118 valence electrons. The molecule has 0 bridgehead atoms. The number of carbonyl (C=O) groups is 1. The highest BCUT2D eigenvalue weighted by Crippen LogP contribution is 2.48. The van der Waals surface area contributed by atoms with Crippen LogP contribution in [0.25, 0.3) is 0 Å². The van der Waals surface area contributed by atoms with Crippen molar-refractivity contribution in [3.8, 4) is 11.5 Å². The standard InChI is InChI=1S/C17H13Cl2NO3/c1-22-11-5-3-10(4-6-11)20-15-14(19)12-8-9(18)2-7-13(12)23-16(15)17(20)21/h2-8,14-16H,1H3/t14-,15+,16-/m0/s1. The molecule has 4 nitrogen and oxygen atoms in total. The van der Waals surface area contributed by atoms with Crippen molar-refractivity contribution in [3.05, 3.63) is 53.1 Å². The second kappa shape index (κ2) is 5.32. The quantitative estimate of drug-likeness (QED) is 0.611. The zero-order valence-corrected chi connectivity index (χ0v) is 13.7. The topological polar surface area (TPSA) is 38.8 Å². The van der Waals surface area contributed by atoms with E-state index in [0.717, 1.165) is 17.0 Å². The first-order valence-corrected chi connectivity index (χ1v) is 7.99. The summed E-state index contributed by atoms with van der Waals surface area (Å²) < 4.78 is 11.0. The number of anilines is 1. The van der Waals surface area contributed by atoms with Gasteiger partial charge in [-0.1, -0.05) is 11.6 Å². The fourth-order valence-corrected chi connectivity index (χ4v) is 3.69. The second-order valence-electron chi connectivity index (χ2n) is 5.52. The first-order valence-electron chi connectivity index (χ1n) is 7.17. The summed E-state index contributed by atoms with van der Waals surface area (Å²) in [5.41, 5.74) is 1.59. The molecule has 0 saturated carbocycles. The van der Waals surface area contributed by atoms with Gasteiger partial charge in [-0.2, -0.15) is 0 Å². The Kier molecular flexibility index (Phi) is 3.39. The van der Waals surface area contributed by atoms with Gasteiger partial charge in [-0.05, 0) is 42.5 Å². The summed E-state index contributed by atoms with van der Waals surface area (Å²) in [6.45, 7) is 0. The summed E-state index contributed by atoms with van der Waals surface area (Å²) in [6.07, 6.45) is -0.548. The van der Waals surface area contributed by atoms with Crippen molar-refractivity contribution in [1.82, 2.24) is 0 Å². The lowest BCUT2D eigenvalue weighted by atomic mass is 9.87. The van der Waals surface area contributed by atoms with Gasteiger partial charge in [0.2, 0.25) is 0 Å². The van der Waals surface area contributed by atoms with E-state index < -0.39 is 6.10 Å².